The van der Waals surface area contributed by atoms with Gasteiger partial charge in [-0.2, -0.15) is 18.3 Å². The number of amides is 2. The topological polar surface area (TPSA) is 114 Å². The summed E-state index contributed by atoms with van der Waals surface area (Å²) in [5.41, 5.74) is 2.50. The number of carbonyl (C=O) groups is 3. The molecule has 254 valence electrons. The first-order chi connectivity index (χ1) is 23.0. The van der Waals surface area contributed by atoms with Crippen molar-refractivity contribution in [3.05, 3.63) is 89.4 Å². The maximum Gasteiger partial charge on any atom is 0.436 e. The minimum absolute atomic E-state index is 0.0120. The van der Waals surface area contributed by atoms with E-state index in [2.05, 4.69) is 27.0 Å². The normalized spacial score (nSPS) is 18.0. The third-order valence-electron chi connectivity index (χ3n) is 8.98. The van der Waals surface area contributed by atoms with Gasteiger partial charge in [0.1, 0.15) is 18.4 Å². The molecule has 1 aliphatic heterocycles. The monoisotopic (exact) mass is 675 g/mol. The summed E-state index contributed by atoms with van der Waals surface area (Å²) in [5.74, 6) is -3.44. The summed E-state index contributed by atoms with van der Waals surface area (Å²) in [7, 11) is 0. The summed E-state index contributed by atoms with van der Waals surface area (Å²) in [5, 5.41) is 7.46. The number of nitrogens with zero attached hydrogens (tertiary/aromatic N) is 6. The second kappa shape index (κ2) is 11.9. The van der Waals surface area contributed by atoms with Crippen molar-refractivity contribution < 1.29 is 31.9 Å². The second-order valence-electron chi connectivity index (χ2n) is 12.9. The van der Waals surface area contributed by atoms with E-state index in [9.17, 15) is 31.9 Å². The molecule has 14 heteroatoms. The molecule has 49 heavy (non-hydrogen) atoms. The van der Waals surface area contributed by atoms with E-state index in [1.165, 1.54) is 18.7 Å². The molecule has 0 spiro atoms. The molecule has 2 amide bonds. The van der Waals surface area contributed by atoms with Gasteiger partial charge in [-0.1, -0.05) is 13.0 Å². The van der Waals surface area contributed by atoms with Crippen LogP contribution in [0.25, 0.3) is 27.7 Å². The van der Waals surface area contributed by atoms with Crippen LogP contribution >= 0.6 is 0 Å². The number of halogens is 4. The van der Waals surface area contributed by atoms with E-state index in [0.717, 1.165) is 22.4 Å². The summed E-state index contributed by atoms with van der Waals surface area (Å²) in [6, 6.07) is 5.22. The van der Waals surface area contributed by atoms with Gasteiger partial charge in [-0.3, -0.25) is 14.4 Å². The van der Waals surface area contributed by atoms with E-state index >= 15 is 0 Å². The number of nitrogens with one attached hydrogen (secondary N) is 1. The van der Waals surface area contributed by atoms with Crippen LogP contribution < -0.4 is 5.32 Å². The minimum Gasteiger partial charge on any atom is -0.337 e. The number of anilines is 1. The Morgan fingerprint density at radius 3 is 2.49 bits per heavy atom. The Morgan fingerprint density at radius 2 is 1.82 bits per heavy atom. The number of hydrogen-bond donors (Lipinski definition) is 1. The number of aromatic nitrogens is 5. The third kappa shape index (κ3) is 6.18. The maximum absolute atomic E-state index is 14.1. The highest BCUT2D eigenvalue weighted by Crippen LogP contribution is 2.38. The summed E-state index contributed by atoms with van der Waals surface area (Å²) in [6.45, 7) is 12.1. The zero-order chi connectivity index (χ0) is 35.6. The van der Waals surface area contributed by atoms with Gasteiger partial charge in [-0.15, -0.1) is 6.58 Å². The average Bonchev–Trinajstić information content (AvgIpc) is 3.70. The number of aryl methyl sites for hydroxylation is 3. The molecule has 0 unspecified atom stereocenters. The smallest absolute Gasteiger partial charge is 0.337 e. The van der Waals surface area contributed by atoms with E-state index in [0.29, 0.717) is 28.2 Å². The molecular weight excluding hydrogens is 642 g/mol. The molecule has 1 saturated heterocycles. The van der Waals surface area contributed by atoms with Crippen molar-refractivity contribution in [2.75, 3.05) is 11.9 Å². The number of benzene rings is 1. The predicted molar refractivity (Wildman–Crippen MR) is 174 cm³/mol. The lowest BCUT2D eigenvalue weighted by molar-refractivity contribution is -0.143. The van der Waals surface area contributed by atoms with Gasteiger partial charge in [-0.25, -0.2) is 18.9 Å². The predicted octanol–water partition coefficient (Wildman–Crippen LogP) is 6.46. The number of Topliss-reactive ketones (excluding diaryl/α,β-unsaturated/α-hetero) is 1. The van der Waals surface area contributed by atoms with Gasteiger partial charge in [0.15, 0.2) is 22.9 Å². The van der Waals surface area contributed by atoms with Crippen molar-refractivity contribution in [1.82, 2.24) is 29.0 Å². The highest BCUT2D eigenvalue weighted by molar-refractivity contribution is 6.09. The first-order valence-electron chi connectivity index (χ1n) is 15.4. The van der Waals surface area contributed by atoms with Crippen LogP contribution in [-0.2, 0) is 22.3 Å². The highest BCUT2D eigenvalue weighted by Gasteiger charge is 2.45. The van der Waals surface area contributed by atoms with E-state index in [1.54, 1.807) is 27.6 Å². The molecule has 0 saturated carbocycles. The van der Waals surface area contributed by atoms with Crippen molar-refractivity contribution in [2.24, 2.45) is 5.41 Å². The first-order valence-corrected chi connectivity index (χ1v) is 15.4. The molecule has 5 heterocycles. The van der Waals surface area contributed by atoms with Gasteiger partial charge >= 0.3 is 6.18 Å². The number of hydrogen-bond acceptors (Lipinski definition) is 6. The van der Waals surface area contributed by atoms with Gasteiger partial charge in [0.05, 0.1) is 11.2 Å². The Morgan fingerprint density at radius 1 is 1.08 bits per heavy atom. The van der Waals surface area contributed by atoms with Crippen LogP contribution in [0, 0.1) is 32.0 Å². The number of rotatable bonds is 7. The number of alkyl halides is 3. The Bertz CT molecular complexity index is 2200. The molecule has 6 rings (SSSR count). The molecule has 10 nitrogen and oxygen atoms in total. The molecule has 1 N–H and O–H groups in total. The Labute approximate surface area is 278 Å². The fourth-order valence-corrected chi connectivity index (χ4v) is 6.47. The molecule has 0 bridgehead atoms. The number of fused-ring (bicyclic) bond motifs is 2. The average molecular weight is 676 g/mol. The molecule has 0 radical (unpaired) electrons. The summed E-state index contributed by atoms with van der Waals surface area (Å²) in [6.07, 6.45) is 1.89. The van der Waals surface area contributed by atoms with Gasteiger partial charge in [0.25, 0.3) is 0 Å². The van der Waals surface area contributed by atoms with Gasteiger partial charge in [0.2, 0.25) is 11.8 Å². The van der Waals surface area contributed by atoms with Crippen LogP contribution in [0.3, 0.4) is 0 Å². The van der Waals surface area contributed by atoms with Crippen molar-refractivity contribution in [3.8, 4) is 11.1 Å². The Hall–Kier alpha value is -5.40. The standard InChI is InChI=1S/C35H33F4N7O3/c1-7-34(6)12-27(33(49)42-32-19(3)9-26(36)31(41-32)35(37,38)39)45(17-34)29(48)16-44-15-25(21(5)47)24-11-22(8-18(2)30(24)44)23-13-40-28-10-20(4)43-46(28)14-23/h7-11,13-15,27H,1,12,16-17H2,2-6H3,(H,41,42,49)/t27-,34+/m0/s1. The fourth-order valence-electron chi connectivity index (χ4n) is 6.47. The summed E-state index contributed by atoms with van der Waals surface area (Å²) < 4.78 is 57.5. The van der Waals surface area contributed by atoms with Gasteiger partial charge in [-0.05, 0) is 69.0 Å². The Balaban J connectivity index is 1.33. The SMILES string of the molecule is C=C[C@]1(C)C[C@@H](C(=O)Nc2nc(C(F)(F)F)c(F)cc2C)N(C(=O)Cn2cc(C(C)=O)c3cc(-c4cnc5cc(C)nn5c4)cc(C)c32)C1. The number of likely N-dealkylation sites (tertiary alicyclic amines) is 1. The van der Waals surface area contributed by atoms with E-state index < -0.39 is 46.8 Å². The van der Waals surface area contributed by atoms with Crippen molar-refractivity contribution in [3.63, 3.8) is 0 Å². The number of pyridine rings is 1. The van der Waals surface area contributed by atoms with Crippen LogP contribution in [0.5, 0.6) is 0 Å². The quantitative estimate of drug-likeness (QED) is 0.120. The van der Waals surface area contributed by atoms with Crippen LogP contribution in [0.4, 0.5) is 23.4 Å². The second-order valence-corrected chi connectivity index (χ2v) is 12.9. The van der Waals surface area contributed by atoms with Gasteiger partial charge in [0, 0.05) is 53.1 Å². The van der Waals surface area contributed by atoms with E-state index in [-0.39, 0.29) is 30.9 Å². The highest BCUT2D eigenvalue weighted by atomic mass is 19.4. The molecule has 1 aliphatic rings. The van der Waals surface area contributed by atoms with Crippen LogP contribution in [0.2, 0.25) is 0 Å². The third-order valence-corrected chi connectivity index (χ3v) is 8.98. The molecule has 4 aromatic heterocycles. The van der Waals surface area contributed by atoms with Gasteiger partial charge < -0.3 is 14.8 Å². The largest absolute Gasteiger partial charge is 0.436 e. The van der Waals surface area contributed by atoms with E-state index in [4.69, 9.17) is 0 Å². The fraction of sp³-hybridized carbons (Fsp3) is 0.314. The zero-order valence-electron chi connectivity index (χ0n) is 27.4. The molecule has 1 aromatic carbocycles. The lowest BCUT2D eigenvalue weighted by Crippen LogP contribution is -2.44. The molecule has 2 atom stereocenters. The molecular formula is C35H33F4N7O3. The van der Waals surface area contributed by atoms with Crippen LogP contribution in [-0.4, -0.2) is 59.2 Å². The summed E-state index contributed by atoms with van der Waals surface area (Å²) in [4.78, 5) is 49.6. The zero-order valence-corrected chi connectivity index (χ0v) is 27.4. The summed E-state index contributed by atoms with van der Waals surface area (Å²) >= 11 is 0. The number of ketones is 1. The van der Waals surface area contributed by atoms with Crippen molar-refractivity contribution in [1.29, 1.82) is 0 Å². The maximum atomic E-state index is 14.1. The first kappa shape index (κ1) is 33.5. The molecule has 1 fully saturated rings. The van der Waals surface area contributed by atoms with Crippen molar-refractivity contribution in [2.45, 2.75) is 59.8 Å². The van der Waals surface area contributed by atoms with Crippen LogP contribution in [0.1, 0.15) is 53.1 Å². The minimum atomic E-state index is -5.07. The van der Waals surface area contributed by atoms with Crippen LogP contribution in [0.15, 0.2) is 55.5 Å². The lowest BCUT2D eigenvalue weighted by Gasteiger charge is -2.25. The lowest BCUT2D eigenvalue weighted by atomic mass is 9.88. The molecule has 0 aliphatic carbocycles. The van der Waals surface area contributed by atoms with E-state index in [1.807, 2.05) is 45.2 Å². The Kier molecular flexibility index (Phi) is 8.16. The number of carbonyl (C=O) groups excluding carboxylic acids is 3. The molecule has 5 aromatic rings. The van der Waals surface area contributed by atoms with Crippen molar-refractivity contribution >= 4 is 40.0 Å².